The lowest BCUT2D eigenvalue weighted by molar-refractivity contribution is -0.274. The van der Waals surface area contributed by atoms with Crippen LogP contribution in [0.4, 0.5) is 23.7 Å². The van der Waals surface area contributed by atoms with E-state index < -0.39 is 12.4 Å². The maximum absolute atomic E-state index is 12.7. The SMILES string of the molecule is Cc1ccc(Cl)c(N2C(=O)CSC2=NC(=O)NCC(C)c2ccc(-c3ncn(-c4ccc(OC(F)(F)F)cc4)n3)cc2)c1C. The summed E-state index contributed by atoms with van der Waals surface area (Å²) < 4.78 is 42.6. The van der Waals surface area contributed by atoms with Crippen molar-refractivity contribution in [1.82, 2.24) is 20.1 Å². The van der Waals surface area contributed by atoms with E-state index in [0.29, 0.717) is 28.8 Å². The van der Waals surface area contributed by atoms with Crippen LogP contribution in [0.2, 0.25) is 5.02 Å². The van der Waals surface area contributed by atoms with Crippen molar-refractivity contribution >= 4 is 46.2 Å². The first-order chi connectivity index (χ1) is 20.9. The number of carbonyl (C=O) groups is 2. The van der Waals surface area contributed by atoms with Gasteiger partial charge in [-0.1, -0.05) is 60.6 Å². The molecule has 1 unspecified atom stereocenters. The molecule has 44 heavy (non-hydrogen) atoms. The number of carbonyl (C=O) groups excluding carboxylic acids is 2. The number of benzene rings is 3. The van der Waals surface area contributed by atoms with E-state index in [1.165, 1.54) is 51.9 Å². The highest BCUT2D eigenvalue weighted by Gasteiger charge is 2.33. The Hall–Kier alpha value is -4.36. The number of amidine groups is 1. The summed E-state index contributed by atoms with van der Waals surface area (Å²) in [4.78, 5) is 35.3. The number of urea groups is 1. The predicted molar refractivity (Wildman–Crippen MR) is 164 cm³/mol. The number of anilines is 1. The molecule has 1 atom stereocenters. The number of hydrogen-bond donors (Lipinski definition) is 1. The van der Waals surface area contributed by atoms with Crippen molar-refractivity contribution in [2.75, 3.05) is 17.2 Å². The summed E-state index contributed by atoms with van der Waals surface area (Å²) in [6.45, 7) is 6.06. The van der Waals surface area contributed by atoms with Crippen molar-refractivity contribution in [3.05, 3.63) is 88.7 Å². The van der Waals surface area contributed by atoms with Gasteiger partial charge in [0.1, 0.15) is 12.1 Å². The van der Waals surface area contributed by atoms with Gasteiger partial charge in [0, 0.05) is 12.1 Å². The molecule has 0 saturated carbocycles. The number of alkyl halides is 3. The maximum Gasteiger partial charge on any atom is 0.573 e. The number of thioether (sulfide) groups is 1. The van der Waals surface area contributed by atoms with Crippen LogP contribution in [0.25, 0.3) is 17.1 Å². The van der Waals surface area contributed by atoms with Crippen molar-refractivity contribution in [2.45, 2.75) is 33.1 Å². The Morgan fingerprint density at radius 3 is 2.50 bits per heavy atom. The van der Waals surface area contributed by atoms with Crippen molar-refractivity contribution in [2.24, 2.45) is 4.99 Å². The molecule has 1 aliphatic rings. The van der Waals surface area contributed by atoms with Gasteiger partial charge in [-0.25, -0.2) is 14.5 Å². The standard InChI is InChI=1S/C30H26ClF3N6O3S/c1-17-4-13-24(31)26(19(17)3)40-25(41)15-44-29(40)37-28(42)35-14-18(2)20-5-7-21(8-6-20)27-36-16-39(38-27)22-9-11-23(12-10-22)43-30(32,33)34/h4-13,16,18H,14-15H2,1-3H3,(H,35,42). The van der Waals surface area contributed by atoms with Gasteiger partial charge in [-0.05, 0) is 66.8 Å². The number of aromatic nitrogens is 3. The highest BCUT2D eigenvalue weighted by Crippen LogP contribution is 2.36. The van der Waals surface area contributed by atoms with Crippen LogP contribution in [-0.4, -0.2) is 50.5 Å². The van der Waals surface area contributed by atoms with Crippen LogP contribution < -0.4 is 15.0 Å². The number of amides is 3. The molecule has 0 radical (unpaired) electrons. The van der Waals surface area contributed by atoms with Crippen LogP contribution in [-0.2, 0) is 4.79 Å². The quantitative estimate of drug-likeness (QED) is 0.232. The minimum Gasteiger partial charge on any atom is -0.406 e. The Balaban J connectivity index is 1.20. The van der Waals surface area contributed by atoms with E-state index in [0.717, 1.165) is 22.3 Å². The molecule has 3 aromatic carbocycles. The topological polar surface area (TPSA) is 102 Å². The van der Waals surface area contributed by atoms with Crippen LogP contribution in [0.1, 0.15) is 29.5 Å². The van der Waals surface area contributed by atoms with Gasteiger partial charge in [0.2, 0.25) is 5.91 Å². The number of hydrogen-bond acceptors (Lipinski definition) is 6. The van der Waals surface area contributed by atoms with Crippen LogP contribution in [0.15, 0.2) is 72.0 Å². The molecule has 1 aliphatic heterocycles. The number of nitrogens with zero attached hydrogens (tertiary/aromatic N) is 5. The van der Waals surface area contributed by atoms with E-state index >= 15 is 0 Å². The number of halogens is 4. The Bertz CT molecular complexity index is 1730. The fraction of sp³-hybridized carbons (Fsp3) is 0.233. The van der Waals surface area contributed by atoms with E-state index in [4.69, 9.17) is 11.6 Å². The monoisotopic (exact) mass is 642 g/mol. The minimum atomic E-state index is -4.76. The lowest BCUT2D eigenvalue weighted by Crippen LogP contribution is -2.33. The van der Waals surface area contributed by atoms with E-state index in [1.807, 2.05) is 51.1 Å². The lowest BCUT2D eigenvalue weighted by atomic mass is 10.00. The van der Waals surface area contributed by atoms with Crippen molar-refractivity contribution in [3.8, 4) is 22.8 Å². The fourth-order valence-electron chi connectivity index (χ4n) is 4.47. The largest absolute Gasteiger partial charge is 0.573 e. The molecule has 0 spiro atoms. The molecule has 1 N–H and O–H groups in total. The summed E-state index contributed by atoms with van der Waals surface area (Å²) in [5.74, 6) is 0.0131. The van der Waals surface area contributed by atoms with E-state index in [9.17, 15) is 22.8 Å². The summed E-state index contributed by atoms with van der Waals surface area (Å²) in [7, 11) is 0. The third-order valence-corrected chi connectivity index (χ3v) is 8.19. The average molecular weight is 643 g/mol. The van der Waals surface area contributed by atoms with Crippen LogP contribution >= 0.6 is 23.4 Å². The number of aryl methyl sites for hydroxylation is 1. The van der Waals surface area contributed by atoms with Gasteiger partial charge in [0.15, 0.2) is 11.0 Å². The molecule has 1 aromatic heterocycles. The zero-order valence-electron chi connectivity index (χ0n) is 23.7. The normalized spacial score (nSPS) is 15.1. The second kappa shape index (κ2) is 12.7. The molecule has 3 amide bonds. The number of rotatable bonds is 7. The van der Waals surface area contributed by atoms with Gasteiger partial charge < -0.3 is 10.1 Å². The first-order valence-corrected chi connectivity index (χ1v) is 14.7. The fourth-order valence-corrected chi connectivity index (χ4v) is 5.61. The molecule has 1 fully saturated rings. The maximum atomic E-state index is 12.7. The molecule has 14 heteroatoms. The summed E-state index contributed by atoms with van der Waals surface area (Å²) in [5.41, 5.74) is 4.55. The van der Waals surface area contributed by atoms with Crippen LogP contribution in [0.5, 0.6) is 5.75 Å². The first kappa shape index (κ1) is 31.1. The summed E-state index contributed by atoms with van der Waals surface area (Å²) in [5, 5.41) is 7.91. The van der Waals surface area contributed by atoms with Crippen molar-refractivity contribution in [3.63, 3.8) is 0 Å². The molecule has 1 saturated heterocycles. The van der Waals surface area contributed by atoms with E-state index in [-0.39, 0.29) is 28.5 Å². The zero-order valence-corrected chi connectivity index (χ0v) is 25.3. The van der Waals surface area contributed by atoms with E-state index in [2.05, 4.69) is 25.1 Å². The Kier molecular flexibility index (Phi) is 8.97. The Labute approximate surface area is 260 Å². The average Bonchev–Trinajstić information content (AvgIpc) is 3.61. The zero-order chi connectivity index (χ0) is 31.6. The molecule has 0 bridgehead atoms. The third-order valence-electron chi connectivity index (χ3n) is 6.96. The van der Waals surface area contributed by atoms with Gasteiger partial charge in [-0.3, -0.25) is 9.69 Å². The Morgan fingerprint density at radius 2 is 1.82 bits per heavy atom. The highest BCUT2D eigenvalue weighted by molar-refractivity contribution is 8.15. The lowest BCUT2D eigenvalue weighted by Gasteiger charge is -2.21. The molecule has 2 heterocycles. The van der Waals surface area contributed by atoms with Gasteiger partial charge in [-0.2, -0.15) is 4.99 Å². The molecule has 5 rings (SSSR count). The summed E-state index contributed by atoms with van der Waals surface area (Å²) in [6, 6.07) is 15.8. The molecule has 4 aromatic rings. The third kappa shape index (κ3) is 7.05. The van der Waals surface area contributed by atoms with Crippen LogP contribution in [0.3, 0.4) is 0 Å². The van der Waals surface area contributed by atoms with E-state index in [1.54, 1.807) is 6.07 Å². The molecule has 0 aliphatic carbocycles. The first-order valence-electron chi connectivity index (χ1n) is 13.4. The Morgan fingerprint density at radius 1 is 1.11 bits per heavy atom. The van der Waals surface area contributed by atoms with Gasteiger partial charge in [-0.15, -0.1) is 18.3 Å². The highest BCUT2D eigenvalue weighted by atomic mass is 35.5. The number of aliphatic imine (C=N–C) groups is 1. The van der Waals surface area contributed by atoms with Gasteiger partial charge >= 0.3 is 12.4 Å². The second-order valence-corrected chi connectivity index (χ2v) is 11.4. The predicted octanol–water partition coefficient (Wildman–Crippen LogP) is 7.05. The molecule has 9 nitrogen and oxygen atoms in total. The van der Waals surface area contributed by atoms with Crippen LogP contribution in [0, 0.1) is 13.8 Å². The number of nitrogens with one attached hydrogen (secondary N) is 1. The van der Waals surface area contributed by atoms with Crippen molar-refractivity contribution < 1.29 is 27.5 Å². The second-order valence-electron chi connectivity index (χ2n) is 10.0. The smallest absolute Gasteiger partial charge is 0.406 e. The summed E-state index contributed by atoms with van der Waals surface area (Å²) in [6.07, 6.45) is -3.30. The summed E-state index contributed by atoms with van der Waals surface area (Å²) >= 11 is 7.60. The van der Waals surface area contributed by atoms with Crippen molar-refractivity contribution in [1.29, 1.82) is 0 Å². The molecule has 228 valence electrons. The number of ether oxygens (including phenoxy) is 1. The minimum absolute atomic E-state index is 0.0569. The molecular formula is C30H26ClF3N6O3S. The molecular weight excluding hydrogens is 617 g/mol. The van der Waals surface area contributed by atoms with Gasteiger partial charge in [0.25, 0.3) is 0 Å². The van der Waals surface area contributed by atoms with Gasteiger partial charge in [0.05, 0.1) is 22.2 Å².